The number of hydrogen-bond donors (Lipinski definition) is 2. The summed E-state index contributed by atoms with van der Waals surface area (Å²) in [6, 6.07) is -0.102. The molecule has 0 rings (SSSR count). The van der Waals surface area contributed by atoms with E-state index in [4.69, 9.17) is 5.11 Å². The Morgan fingerprint density at radius 2 is 2.22 bits per heavy atom. The second-order valence-electron chi connectivity index (χ2n) is 2.03. The average Bonchev–Trinajstić information content (AvgIpc) is 1.90. The van der Waals surface area contributed by atoms with Crippen LogP contribution in [0.2, 0.25) is 0 Å². The molecule has 2 nitrogen and oxygen atoms in total. The van der Waals surface area contributed by atoms with Gasteiger partial charge in [0.2, 0.25) is 0 Å². The first-order valence-electron chi connectivity index (χ1n) is 3.17. The Hall–Kier alpha value is -0.150. The van der Waals surface area contributed by atoms with Crippen LogP contribution in [0.4, 0.5) is 4.39 Å². The summed E-state index contributed by atoms with van der Waals surface area (Å²) in [4.78, 5) is 0. The first-order chi connectivity index (χ1) is 4.26. The molecule has 0 aromatic rings. The van der Waals surface area contributed by atoms with Crippen molar-refractivity contribution in [1.82, 2.24) is 5.32 Å². The summed E-state index contributed by atoms with van der Waals surface area (Å²) in [6.07, 6.45) is -0.0956. The van der Waals surface area contributed by atoms with Gasteiger partial charge in [-0.3, -0.25) is 0 Å². The molecule has 0 aromatic heterocycles. The lowest BCUT2D eigenvalue weighted by Gasteiger charge is -2.17. The van der Waals surface area contributed by atoms with E-state index >= 15 is 0 Å². The van der Waals surface area contributed by atoms with Gasteiger partial charge in [0.25, 0.3) is 0 Å². The minimum absolute atomic E-state index is 0.102. The van der Waals surface area contributed by atoms with Gasteiger partial charge in [0.1, 0.15) is 6.67 Å². The third-order valence-corrected chi connectivity index (χ3v) is 1.43. The van der Waals surface area contributed by atoms with Crippen LogP contribution in [-0.4, -0.2) is 31.0 Å². The van der Waals surface area contributed by atoms with Gasteiger partial charge < -0.3 is 10.4 Å². The Morgan fingerprint density at radius 1 is 1.67 bits per heavy atom. The van der Waals surface area contributed by atoms with Crippen LogP contribution in [0.5, 0.6) is 0 Å². The second kappa shape index (κ2) is 4.70. The van der Waals surface area contributed by atoms with Crippen LogP contribution >= 0.6 is 0 Å². The van der Waals surface area contributed by atoms with Crippen LogP contribution in [0.3, 0.4) is 0 Å². The topological polar surface area (TPSA) is 32.3 Å². The van der Waals surface area contributed by atoms with E-state index in [9.17, 15) is 4.39 Å². The number of hydrogen-bond acceptors (Lipinski definition) is 2. The number of nitrogens with one attached hydrogen (secondary N) is 1. The maximum absolute atomic E-state index is 11.7. The zero-order valence-corrected chi connectivity index (χ0v) is 5.89. The summed E-state index contributed by atoms with van der Waals surface area (Å²) >= 11 is 0. The molecule has 0 fully saturated rings. The number of alkyl halides is 1. The molecule has 0 amide bonds. The minimum atomic E-state index is -0.847. The summed E-state index contributed by atoms with van der Waals surface area (Å²) in [6.45, 7) is 1.24. The number of rotatable bonds is 4. The maximum atomic E-state index is 11.7. The molecule has 2 atom stereocenters. The van der Waals surface area contributed by atoms with E-state index in [0.29, 0.717) is 0 Å². The van der Waals surface area contributed by atoms with Crippen LogP contribution in [0.1, 0.15) is 13.3 Å². The van der Waals surface area contributed by atoms with Crippen molar-refractivity contribution in [3.8, 4) is 0 Å². The first kappa shape index (κ1) is 8.85. The van der Waals surface area contributed by atoms with Crippen LogP contribution in [0.15, 0.2) is 0 Å². The van der Waals surface area contributed by atoms with E-state index in [1.807, 2.05) is 6.92 Å². The molecule has 0 aromatic carbocycles. The molecule has 0 heterocycles. The number of aliphatic hydroxyl groups excluding tert-OH is 1. The summed E-state index contributed by atoms with van der Waals surface area (Å²) in [5.41, 5.74) is 0. The van der Waals surface area contributed by atoms with E-state index in [1.54, 1.807) is 7.05 Å². The number of aliphatic hydroxyl groups is 1. The van der Waals surface area contributed by atoms with Gasteiger partial charge in [0, 0.05) is 6.04 Å². The molecule has 9 heavy (non-hydrogen) atoms. The van der Waals surface area contributed by atoms with Crippen LogP contribution < -0.4 is 5.32 Å². The maximum Gasteiger partial charge on any atom is 0.117 e. The monoisotopic (exact) mass is 135 g/mol. The predicted octanol–water partition coefficient (Wildman–Crippen LogP) is 0.315. The highest BCUT2D eigenvalue weighted by Gasteiger charge is 2.13. The molecule has 2 N–H and O–H groups in total. The summed E-state index contributed by atoms with van der Waals surface area (Å²) in [5.74, 6) is 0. The van der Waals surface area contributed by atoms with Crippen LogP contribution in [0, 0.1) is 0 Å². The lowest BCUT2D eigenvalue weighted by atomic mass is 10.1. The van der Waals surface area contributed by atoms with Crippen LogP contribution in [-0.2, 0) is 0 Å². The third-order valence-electron chi connectivity index (χ3n) is 1.43. The molecule has 0 spiro atoms. The Kier molecular flexibility index (Phi) is 4.62. The first-order valence-corrected chi connectivity index (χ1v) is 3.17. The standard InChI is InChI=1S/C6H14FNO/c1-3-5(8-2)6(9)4-7/h5-6,8-9H,3-4H2,1-2H3. The lowest BCUT2D eigenvalue weighted by molar-refractivity contribution is 0.100. The van der Waals surface area contributed by atoms with Crippen molar-refractivity contribution in [3.63, 3.8) is 0 Å². The average molecular weight is 135 g/mol. The van der Waals surface area contributed by atoms with Gasteiger partial charge >= 0.3 is 0 Å². The van der Waals surface area contributed by atoms with E-state index in [2.05, 4.69) is 5.32 Å². The molecular formula is C6H14FNO. The van der Waals surface area contributed by atoms with Gasteiger partial charge in [-0.1, -0.05) is 6.92 Å². The van der Waals surface area contributed by atoms with E-state index in [1.165, 1.54) is 0 Å². The fourth-order valence-electron chi connectivity index (χ4n) is 0.776. The smallest absolute Gasteiger partial charge is 0.117 e. The highest BCUT2D eigenvalue weighted by atomic mass is 19.1. The Morgan fingerprint density at radius 3 is 2.33 bits per heavy atom. The lowest BCUT2D eigenvalue weighted by Crippen LogP contribution is -2.38. The normalized spacial score (nSPS) is 17.3. The van der Waals surface area contributed by atoms with Crippen molar-refractivity contribution in [2.24, 2.45) is 0 Å². The minimum Gasteiger partial charge on any atom is -0.389 e. The second-order valence-corrected chi connectivity index (χ2v) is 2.03. The van der Waals surface area contributed by atoms with Crippen molar-refractivity contribution in [3.05, 3.63) is 0 Å². The largest absolute Gasteiger partial charge is 0.389 e. The Bertz CT molecular complexity index is 66.1. The molecule has 0 aliphatic carbocycles. The fraction of sp³-hybridized carbons (Fsp3) is 1.00. The molecule has 2 unspecified atom stereocenters. The molecule has 0 aliphatic rings. The number of halogens is 1. The van der Waals surface area contributed by atoms with Gasteiger partial charge in [-0.05, 0) is 13.5 Å². The highest BCUT2D eigenvalue weighted by Crippen LogP contribution is 1.97. The molecule has 0 aliphatic heterocycles. The summed E-state index contributed by atoms with van der Waals surface area (Å²) < 4.78 is 11.7. The van der Waals surface area contributed by atoms with E-state index in [-0.39, 0.29) is 6.04 Å². The van der Waals surface area contributed by atoms with Crippen molar-refractivity contribution >= 4 is 0 Å². The third kappa shape index (κ3) is 2.77. The Balaban J connectivity index is 3.50. The highest BCUT2D eigenvalue weighted by molar-refractivity contribution is 4.70. The van der Waals surface area contributed by atoms with E-state index < -0.39 is 12.8 Å². The van der Waals surface area contributed by atoms with E-state index in [0.717, 1.165) is 6.42 Å². The van der Waals surface area contributed by atoms with Crippen molar-refractivity contribution < 1.29 is 9.50 Å². The van der Waals surface area contributed by atoms with Crippen molar-refractivity contribution in [2.75, 3.05) is 13.7 Å². The zero-order valence-electron chi connectivity index (χ0n) is 5.89. The fourth-order valence-corrected chi connectivity index (χ4v) is 0.776. The molecule has 0 bridgehead atoms. The zero-order chi connectivity index (χ0) is 7.28. The quantitative estimate of drug-likeness (QED) is 0.581. The van der Waals surface area contributed by atoms with Crippen molar-refractivity contribution in [1.29, 1.82) is 0 Å². The van der Waals surface area contributed by atoms with Crippen LogP contribution in [0.25, 0.3) is 0 Å². The van der Waals surface area contributed by atoms with Crippen molar-refractivity contribution in [2.45, 2.75) is 25.5 Å². The molecule has 0 saturated heterocycles. The molecule has 0 radical (unpaired) electrons. The van der Waals surface area contributed by atoms with Gasteiger partial charge in [0.15, 0.2) is 0 Å². The van der Waals surface area contributed by atoms with Gasteiger partial charge in [-0.2, -0.15) is 0 Å². The molecule has 0 saturated carbocycles. The van der Waals surface area contributed by atoms with Gasteiger partial charge in [0.05, 0.1) is 6.10 Å². The molecular weight excluding hydrogens is 121 g/mol. The Labute approximate surface area is 55.1 Å². The van der Waals surface area contributed by atoms with Gasteiger partial charge in [-0.15, -0.1) is 0 Å². The SMILES string of the molecule is CCC(NC)C(O)CF. The van der Waals surface area contributed by atoms with Gasteiger partial charge in [-0.25, -0.2) is 4.39 Å². The molecule has 56 valence electrons. The predicted molar refractivity (Wildman–Crippen MR) is 35.1 cm³/mol. The molecule has 3 heteroatoms. The number of likely N-dealkylation sites (N-methyl/N-ethyl adjacent to an activating group) is 1. The summed E-state index contributed by atoms with van der Waals surface area (Å²) in [5, 5.41) is 11.7. The summed E-state index contributed by atoms with van der Waals surface area (Å²) in [7, 11) is 1.72.